The molecule has 105 heavy (non-hydrogen) atoms. The van der Waals surface area contributed by atoms with Crippen LogP contribution in [0.25, 0.3) is 0 Å². The van der Waals surface area contributed by atoms with Gasteiger partial charge in [-0.1, -0.05) is 77.0 Å². The Hall–Kier alpha value is -1.45. The molecule has 0 aromatic rings. The van der Waals surface area contributed by atoms with Crippen LogP contribution in [0.5, 0.6) is 0 Å². The predicted octanol–water partition coefficient (Wildman–Crippen LogP) is 1.54. The lowest BCUT2D eigenvalue weighted by Crippen LogP contribution is -2.64. The van der Waals surface area contributed by atoms with Gasteiger partial charge in [0.2, 0.25) is 17.7 Å². The molecular weight excluding hydrogens is 1520 g/mol. The van der Waals surface area contributed by atoms with Gasteiger partial charge in [-0.25, -0.2) is 4.79 Å². The van der Waals surface area contributed by atoms with Crippen LogP contribution in [0.15, 0.2) is 0 Å². The lowest BCUT2D eigenvalue weighted by Gasteiger charge is -2.42. The first kappa shape index (κ1) is 97.7. The lowest BCUT2D eigenvalue weighted by atomic mass is 9.92. The van der Waals surface area contributed by atoms with E-state index in [1.54, 1.807) is 0 Å². The summed E-state index contributed by atoms with van der Waals surface area (Å²) in [6.45, 7) is -8.26. The SMILES string of the molecule is CC(=O)N[C@@H]1[C@H](OCCCCCCCCOP(O)(=S)OCCCOCC(COCCCOP(O)(=S)OCCCCCCCCO[C@@H]2O[C@H](CO)[C@H](O)[C@H](O)[C@@H]2NC(C)=O)(COCCCOP(O)(=S)OCCCCCCCCO[C@@H]2O[C@H](CO)[C@H](O)[C@H](O)[C@@H]2NC(C)=O)COC(=O)O)O[C@H](CO)[C@H](O)[C@@H]1O. The third-order valence-corrected chi connectivity index (χ3v) is 21.7. The van der Waals surface area contributed by atoms with E-state index < -0.39 is 168 Å². The number of aliphatic hydroxyl groups excluding tert-OH is 9. The average Bonchev–Trinajstić information content (AvgIpc) is 0.821. The van der Waals surface area contributed by atoms with Crippen molar-refractivity contribution >= 4 is 79.5 Å². The van der Waals surface area contributed by atoms with E-state index >= 15 is 0 Å². The van der Waals surface area contributed by atoms with Crippen LogP contribution in [0.3, 0.4) is 0 Å². The Kier molecular flexibility index (Phi) is 51.3. The molecular formula is C63H120N3O33P3S3. The van der Waals surface area contributed by atoms with Gasteiger partial charge in [-0.05, 0) is 93.2 Å². The number of aliphatic hydroxyl groups is 9. The van der Waals surface area contributed by atoms with E-state index in [1.807, 2.05) is 0 Å². The van der Waals surface area contributed by atoms with Crippen LogP contribution in [-0.2, 0) is 124 Å². The van der Waals surface area contributed by atoms with Crippen LogP contribution in [0.4, 0.5) is 4.79 Å². The standard InChI is InChI=1S/C63H120N3O33P3S3/c1-44(70)64-50-56(76)53(73)47(37-67)97-59(50)87-28-16-10-4-7-13-19-31-91-100(81,103)94-34-22-25-84-40-63(43-90-62(79)80,41-85-26-23-35-95-101(82,104)92-32-20-14-8-5-11-17-29-88-60-51(65-45(2)71)57(77)54(74)48(38-68)98-60)42-86-27-24-36-96-102(83,105)93-33-21-15-9-6-12-18-30-89-61-52(66-46(3)72)58(78)55(75)49(39-69)99-61/h47-61,67-69,73-78H,4-43H2,1-3H3,(H,64,70)(H,65,71)(H,66,72)(H,79,80)(H,81,103)(H,82,104)(H,83,105)/t47-,48-,49-,50+,51+,52+,53+,54+,55+,56-,57-,58-,59-,60-,61-,63?,100?,101?,102?/m1/s1. The van der Waals surface area contributed by atoms with Crippen LogP contribution in [-0.4, -0.2) is 307 Å². The third-order valence-electron chi connectivity index (χ3n) is 16.8. The van der Waals surface area contributed by atoms with E-state index in [4.69, 9.17) is 110 Å². The predicted molar refractivity (Wildman–Crippen MR) is 385 cm³/mol. The van der Waals surface area contributed by atoms with Gasteiger partial charge < -0.3 is 156 Å². The second kappa shape index (κ2) is 55.1. The summed E-state index contributed by atoms with van der Waals surface area (Å²) in [4.78, 5) is 79.0. The molecule has 3 fully saturated rings. The summed E-state index contributed by atoms with van der Waals surface area (Å²) in [6, 6.07) is -3.05. The van der Waals surface area contributed by atoms with Crippen LogP contribution < -0.4 is 16.0 Å². The number of rotatable bonds is 62. The highest BCUT2D eigenvalue weighted by molar-refractivity contribution is 8.07. The van der Waals surface area contributed by atoms with Gasteiger partial charge in [0.25, 0.3) is 0 Å². The molecule has 0 aromatic heterocycles. The largest absolute Gasteiger partial charge is 0.505 e. The van der Waals surface area contributed by atoms with Gasteiger partial charge in [0, 0.05) is 60.4 Å². The molecule has 3 heterocycles. The lowest BCUT2D eigenvalue weighted by molar-refractivity contribution is -0.270. The number of carboxylic acid groups (broad SMARTS) is 1. The number of amides is 3. The highest BCUT2D eigenvalue weighted by Crippen LogP contribution is 2.46. The number of unbranched alkanes of at least 4 members (excludes halogenated alkanes) is 15. The minimum Gasteiger partial charge on any atom is -0.450 e. The second-order valence-electron chi connectivity index (χ2n) is 26.0. The number of ether oxygens (including phenoxy) is 10. The highest BCUT2D eigenvalue weighted by Gasteiger charge is 2.48. The maximum absolute atomic E-state index is 11.8. The molecule has 3 saturated heterocycles. The first-order chi connectivity index (χ1) is 50.0. The van der Waals surface area contributed by atoms with E-state index in [0.717, 1.165) is 77.0 Å². The van der Waals surface area contributed by atoms with Gasteiger partial charge in [0.05, 0.1) is 84.7 Å². The summed E-state index contributed by atoms with van der Waals surface area (Å²) in [5.41, 5.74) is -1.22. The highest BCUT2D eigenvalue weighted by atomic mass is 32.5. The molecule has 18 atom stereocenters. The Morgan fingerprint density at radius 2 is 0.581 bits per heavy atom. The van der Waals surface area contributed by atoms with Crippen molar-refractivity contribution in [3.05, 3.63) is 0 Å². The molecule has 3 aliphatic heterocycles. The fourth-order valence-electron chi connectivity index (χ4n) is 11.2. The molecule has 0 radical (unpaired) electrons. The van der Waals surface area contributed by atoms with Gasteiger partial charge in [0.1, 0.15) is 79.7 Å². The minimum atomic E-state index is -3.61. The van der Waals surface area contributed by atoms with Gasteiger partial charge in [0.15, 0.2) is 18.9 Å². The first-order valence-electron chi connectivity index (χ1n) is 36.0. The number of carbonyl (C=O) groups excluding carboxylic acids is 3. The fraction of sp³-hybridized carbons (Fsp3) is 0.937. The normalized spacial score (nSPS) is 27.3. The maximum atomic E-state index is 11.8. The van der Waals surface area contributed by atoms with Gasteiger partial charge in [-0.3, -0.25) is 14.4 Å². The van der Waals surface area contributed by atoms with Gasteiger partial charge >= 0.3 is 26.3 Å². The zero-order valence-corrected chi connectivity index (χ0v) is 65.6. The number of hydrogen-bond donors (Lipinski definition) is 16. The van der Waals surface area contributed by atoms with E-state index in [-0.39, 0.29) is 118 Å². The monoisotopic (exact) mass is 1640 g/mol. The van der Waals surface area contributed by atoms with Gasteiger partial charge in [-0.15, -0.1) is 0 Å². The molecule has 618 valence electrons. The van der Waals surface area contributed by atoms with Crippen molar-refractivity contribution in [3.8, 4) is 0 Å². The van der Waals surface area contributed by atoms with Crippen molar-refractivity contribution in [1.82, 2.24) is 16.0 Å². The molecule has 3 amide bonds. The van der Waals surface area contributed by atoms with Crippen molar-refractivity contribution in [2.75, 3.05) is 126 Å². The Morgan fingerprint density at radius 1 is 0.352 bits per heavy atom. The zero-order chi connectivity index (χ0) is 77.7. The topological polar surface area (TPSA) is 515 Å². The van der Waals surface area contributed by atoms with E-state index in [0.29, 0.717) is 38.5 Å². The molecule has 16 N–H and O–H groups in total. The molecule has 36 nitrogen and oxygen atoms in total. The average molecular weight is 1640 g/mol. The summed E-state index contributed by atoms with van der Waals surface area (Å²) >= 11 is 15.7. The van der Waals surface area contributed by atoms with Crippen molar-refractivity contribution in [1.29, 1.82) is 0 Å². The number of nitrogens with one attached hydrogen (secondary N) is 3. The summed E-state index contributed by atoms with van der Waals surface area (Å²) in [5.74, 6) is -1.34. The molecule has 42 heteroatoms. The molecule has 0 aliphatic carbocycles. The van der Waals surface area contributed by atoms with E-state index in [2.05, 4.69) is 16.0 Å². The summed E-state index contributed by atoms with van der Waals surface area (Å²) in [6.07, 6.45) is -2.22. The maximum Gasteiger partial charge on any atom is 0.505 e. The van der Waals surface area contributed by atoms with Crippen molar-refractivity contribution in [2.45, 2.75) is 248 Å². The molecule has 0 spiro atoms. The first-order valence-corrected chi connectivity index (χ1v) is 43.8. The smallest absolute Gasteiger partial charge is 0.450 e. The Balaban J connectivity index is 1.41. The van der Waals surface area contributed by atoms with E-state index in [1.165, 1.54) is 20.8 Å². The Bertz CT molecular complexity index is 2280. The molecule has 0 bridgehead atoms. The molecule has 3 rings (SSSR count). The van der Waals surface area contributed by atoms with Crippen LogP contribution >= 0.6 is 20.2 Å². The van der Waals surface area contributed by atoms with Gasteiger partial charge in [-0.2, -0.15) is 0 Å². The summed E-state index contributed by atoms with van der Waals surface area (Å²) in [7, 11) is 0. The van der Waals surface area contributed by atoms with Crippen LogP contribution in [0, 0.1) is 5.41 Å². The fourth-order valence-corrected chi connectivity index (χ4v) is 14.9. The van der Waals surface area contributed by atoms with Crippen molar-refractivity contribution in [2.24, 2.45) is 5.41 Å². The minimum absolute atomic E-state index is 0.0354. The van der Waals surface area contributed by atoms with Crippen molar-refractivity contribution < 1.29 is 159 Å². The van der Waals surface area contributed by atoms with Crippen LogP contribution in [0.1, 0.15) is 156 Å². The van der Waals surface area contributed by atoms with E-state index in [9.17, 15) is 84.9 Å². The van der Waals surface area contributed by atoms with Crippen LogP contribution in [0.2, 0.25) is 0 Å². The third kappa shape index (κ3) is 41.8. The quantitative estimate of drug-likeness (QED) is 0.0233. The summed E-state index contributed by atoms with van der Waals surface area (Å²) in [5, 5.41) is 108. The Morgan fingerprint density at radius 3 is 0.810 bits per heavy atom. The molecule has 3 unspecified atom stereocenters. The Labute approximate surface area is 630 Å². The second-order valence-corrected chi connectivity index (χ2v) is 34.5. The number of carbonyl (C=O) groups is 4. The summed E-state index contributed by atoms with van der Waals surface area (Å²) < 4.78 is 90.4. The number of hydrogen-bond acceptors (Lipinski definition) is 32. The molecule has 0 aromatic carbocycles. The zero-order valence-electron chi connectivity index (χ0n) is 60.5. The molecule has 3 aliphatic rings. The molecule has 0 saturated carbocycles. The van der Waals surface area contributed by atoms with Crippen molar-refractivity contribution in [3.63, 3.8) is 0 Å².